The third-order valence-electron chi connectivity index (χ3n) is 6.18. The molecule has 2 N–H and O–H groups in total. The fourth-order valence-corrected chi connectivity index (χ4v) is 5.63. The number of carboxylic acid groups (broad SMARTS) is 1. The number of Topliss-reactive ketones (excluding diaryl/α,β-unsaturated/α-hetero) is 1. The highest BCUT2D eigenvalue weighted by Gasteiger charge is 2.37. The van der Waals surface area contributed by atoms with E-state index in [1.165, 1.54) is 0 Å². The lowest BCUT2D eigenvalue weighted by atomic mass is 9.88. The predicted octanol–water partition coefficient (Wildman–Crippen LogP) is 7.04. The monoisotopic (exact) mass is 476 g/mol. The molecule has 3 aromatic carbocycles. The maximum Gasteiger partial charge on any atom is 0.307 e. The number of benzene rings is 3. The van der Waals surface area contributed by atoms with Crippen molar-refractivity contribution in [3.63, 3.8) is 0 Å². The van der Waals surface area contributed by atoms with Gasteiger partial charge < -0.3 is 10.4 Å². The zero-order chi connectivity index (χ0) is 22.9. The summed E-state index contributed by atoms with van der Waals surface area (Å²) in [5.41, 5.74) is 4.30. The summed E-state index contributed by atoms with van der Waals surface area (Å²) in [6.07, 6.45) is 2.01. The van der Waals surface area contributed by atoms with Crippen LogP contribution >= 0.6 is 22.9 Å². The van der Waals surface area contributed by atoms with Crippen molar-refractivity contribution >= 4 is 55.7 Å². The number of hydrogen-bond acceptors (Lipinski definition) is 5. The van der Waals surface area contributed by atoms with Crippen LogP contribution < -0.4 is 5.32 Å². The Bertz CT molecular complexity index is 1330. The van der Waals surface area contributed by atoms with Gasteiger partial charge in [0.25, 0.3) is 0 Å². The highest BCUT2D eigenvalue weighted by atomic mass is 35.5. The number of carbonyl (C=O) groups is 2. The third kappa shape index (κ3) is 4.36. The van der Waals surface area contributed by atoms with Gasteiger partial charge in [-0.15, -0.1) is 0 Å². The molecule has 33 heavy (non-hydrogen) atoms. The van der Waals surface area contributed by atoms with Gasteiger partial charge in [0.1, 0.15) is 5.52 Å². The van der Waals surface area contributed by atoms with Crippen molar-refractivity contribution in [3.05, 3.63) is 77.3 Å². The lowest BCUT2D eigenvalue weighted by Gasteiger charge is -2.14. The topological polar surface area (TPSA) is 79.3 Å². The summed E-state index contributed by atoms with van der Waals surface area (Å²) in [6.45, 7) is 0. The molecule has 5 nitrogen and oxygen atoms in total. The summed E-state index contributed by atoms with van der Waals surface area (Å²) in [5, 5.41) is 14.1. The molecule has 1 fully saturated rings. The summed E-state index contributed by atoms with van der Waals surface area (Å²) in [5.74, 6) is -1.92. The van der Waals surface area contributed by atoms with E-state index in [0.717, 1.165) is 38.6 Å². The van der Waals surface area contributed by atoms with Crippen molar-refractivity contribution in [1.29, 1.82) is 0 Å². The first kappa shape index (κ1) is 21.6. The quantitative estimate of drug-likeness (QED) is 0.291. The van der Waals surface area contributed by atoms with Crippen LogP contribution in [-0.2, 0) is 4.79 Å². The number of rotatable bonds is 6. The van der Waals surface area contributed by atoms with E-state index in [4.69, 9.17) is 11.6 Å². The largest absolute Gasteiger partial charge is 0.481 e. The molecule has 0 spiro atoms. The molecule has 1 heterocycles. The van der Waals surface area contributed by atoms with Crippen molar-refractivity contribution in [3.8, 4) is 11.1 Å². The Kier molecular flexibility index (Phi) is 5.87. The average molecular weight is 477 g/mol. The van der Waals surface area contributed by atoms with E-state index in [0.29, 0.717) is 23.4 Å². The van der Waals surface area contributed by atoms with E-state index < -0.39 is 17.8 Å². The summed E-state index contributed by atoms with van der Waals surface area (Å²) in [7, 11) is 0. The molecule has 0 aliphatic heterocycles. The molecule has 0 amide bonds. The molecule has 1 aliphatic rings. The van der Waals surface area contributed by atoms with Crippen molar-refractivity contribution in [2.24, 2.45) is 11.8 Å². The molecule has 0 unspecified atom stereocenters. The second-order valence-electron chi connectivity index (χ2n) is 8.23. The minimum absolute atomic E-state index is 0.0677. The van der Waals surface area contributed by atoms with Gasteiger partial charge in [0.15, 0.2) is 10.9 Å². The van der Waals surface area contributed by atoms with E-state index in [1.807, 2.05) is 54.6 Å². The Morgan fingerprint density at radius 1 is 0.939 bits per heavy atom. The van der Waals surface area contributed by atoms with E-state index >= 15 is 0 Å². The van der Waals surface area contributed by atoms with Gasteiger partial charge in [0.05, 0.1) is 15.6 Å². The first-order valence-electron chi connectivity index (χ1n) is 10.8. The van der Waals surface area contributed by atoms with Crippen molar-refractivity contribution in [1.82, 2.24) is 4.98 Å². The third-order valence-corrected chi connectivity index (χ3v) is 7.42. The van der Waals surface area contributed by atoms with Crippen LogP contribution in [0.15, 0.2) is 66.7 Å². The zero-order valence-electron chi connectivity index (χ0n) is 17.6. The normalized spacial score (nSPS) is 17.8. The van der Waals surface area contributed by atoms with Crippen LogP contribution in [0.3, 0.4) is 0 Å². The first-order chi connectivity index (χ1) is 16.0. The minimum atomic E-state index is -0.870. The number of hydrogen-bond donors (Lipinski definition) is 2. The molecular weight excluding hydrogens is 456 g/mol. The second-order valence-corrected chi connectivity index (χ2v) is 9.67. The van der Waals surface area contributed by atoms with E-state index in [2.05, 4.69) is 10.3 Å². The number of nitrogens with zero attached hydrogens (tertiary/aromatic N) is 1. The number of nitrogens with one attached hydrogen (secondary N) is 1. The fraction of sp³-hybridized carbons (Fsp3) is 0.192. The number of carboxylic acids is 1. The molecule has 5 rings (SSSR count). The Hall–Kier alpha value is -3.22. The van der Waals surface area contributed by atoms with E-state index in [9.17, 15) is 14.7 Å². The van der Waals surface area contributed by atoms with Gasteiger partial charge in [-0.1, -0.05) is 71.8 Å². The van der Waals surface area contributed by atoms with Gasteiger partial charge in [-0.2, -0.15) is 0 Å². The standard InChI is InChI=1S/C26H21ClN2O3S/c27-21-5-2-6-22-23(21)29-26(33-22)28-18-13-11-16(12-14-18)15-7-9-17(10-8-15)24(30)19-3-1-4-20(19)25(31)32/h2,5-14,19-20H,1,3-4H2,(H,28,29)(H,31,32)/t19-,20-/m0/s1. The second kappa shape index (κ2) is 8.96. The van der Waals surface area contributed by atoms with E-state index in [1.54, 1.807) is 23.5 Å². The molecular formula is C26H21ClN2O3S. The average Bonchev–Trinajstić information content (AvgIpc) is 3.47. The van der Waals surface area contributed by atoms with Crippen LogP contribution in [0.1, 0.15) is 29.6 Å². The molecule has 2 atom stereocenters. The van der Waals surface area contributed by atoms with E-state index in [-0.39, 0.29) is 5.78 Å². The zero-order valence-corrected chi connectivity index (χ0v) is 19.2. The molecule has 1 aromatic heterocycles. The molecule has 1 saturated carbocycles. The number of thiazole rings is 1. The van der Waals surface area contributed by atoms with Gasteiger partial charge in [-0.05, 0) is 48.2 Å². The summed E-state index contributed by atoms with van der Waals surface area (Å²) in [4.78, 5) is 28.8. The SMILES string of the molecule is O=C(O)[C@H]1CCC[C@@H]1C(=O)c1ccc(-c2ccc(Nc3nc4c(Cl)cccc4s3)cc2)cc1. The summed E-state index contributed by atoms with van der Waals surface area (Å²) < 4.78 is 1.03. The predicted molar refractivity (Wildman–Crippen MR) is 133 cm³/mol. The molecule has 0 radical (unpaired) electrons. The Labute approximate surface area is 200 Å². The van der Waals surface area contributed by atoms with Crippen molar-refractivity contribution in [2.45, 2.75) is 19.3 Å². The van der Waals surface area contributed by atoms with Gasteiger partial charge in [0, 0.05) is 17.2 Å². The summed E-state index contributed by atoms with van der Waals surface area (Å²) >= 11 is 7.77. The number of carbonyl (C=O) groups excluding carboxylic acids is 1. The van der Waals surface area contributed by atoms with Crippen LogP contribution in [0.2, 0.25) is 5.02 Å². The van der Waals surface area contributed by atoms with Gasteiger partial charge in [-0.25, -0.2) is 4.98 Å². The number of halogens is 1. The lowest BCUT2D eigenvalue weighted by Crippen LogP contribution is -2.25. The maximum absolute atomic E-state index is 12.8. The smallest absolute Gasteiger partial charge is 0.307 e. The number of fused-ring (bicyclic) bond motifs is 1. The van der Waals surface area contributed by atoms with Crippen LogP contribution in [0.4, 0.5) is 10.8 Å². The summed E-state index contributed by atoms with van der Waals surface area (Å²) in [6, 6.07) is 21.2. The molecule has 0 saturated heterocycles. The van der Waals surface area contributed by atoms with Crippen LogP contribution in [0, 0.1) is 11.8 Å². The Morgan fingerprint density at radius 3 is 2.27 bits per heavy atom. The number of aliphatic carboxylic acids is 1. The minimum Gasteiger partial charge on any atom is -0.481 e. The van der Waals surface area contributed by atoms with Crippen LogP contribution in [0.5, 0.6) is 0 Å². The Morgan fingerprint density at radius 2 is 1.61 bits per heavy atom. The number of ketones is 1. The molecule has 7 heteroatoms. The highest BCUT2D eigenvalue weighted by molar-refractivity contribution is 7.22. The van der Waals surface area contributed by atoms with Crippen LogP contribution in [-0.4, -0.2) is 21.8 Å². The maximum atomic E-state index is 12.8. The van der Waals surface area contributed by atoms with Crippen LogP contribution in [0.25, 0.3) is 21.3 Å². The van der Waals surface area contributed by atoms with Crippen molar-refractivity contribution < 1.29 is 14.7 Å². The number of aromatic nitrogens is 1. The molecule has 1 aliphatic carbocycles. The molecule has 4 aromatic rings. The Balaban J connectivity index is 1.29. The lowest BCUT2D eigenvalue weighted by molar-refractivity contribution is -0.142. The molecule has 0 bridgehead atoms. The van der Waals surface area contributed by atoms with Gasteiger partial charge >= 0.3 is 5.97 Å². The first-order valence-corrected chi connectivity index (χ1v) is 12.0. The van der Waals surface area contributed by atoms with Crippen molar-refractivity contribution in [2.75, 3.05) is 5.32 Å². The van der Waals surface area contributed by atoms with Gasteiger partial charge in [-0.3, -0.25) is 9.59 Å². The highest BCUT2D eigenvalue weighted by Crippen LogP contribution is 2.35. The number of anilines is 2. The molecule has 166 valence electrons. The fourth-order valence-electron chi connectivity index (χ4n) is 4.45. The number of para-hydroxylation sites is 1. The van der Waals surface area contributed by atoms with Gasteiger partial charge in [0.2, 0.25) is 0 Å².